The average Bonchev–Trinajstić information content (AvgIpc) is 3.08. The van der Waals surface area contributed by atoms with Gasteiger partial charge in [0.15, 0.2) is 5.96 Å². The van der Waals surface area contributed by atoms with Crippen LogP contribution in [0.15, 0.2) is 34.6 Å². The lowest BCUT2D eigenvalue weighted by Crippen LogP contribution is -2.39. The summed E-state index contributed by atoms with van der Waals surface area (Å²) in [6.45, 7) is 5.96. The van der Waals surface area contributed by atoms with E-state index in [4.69, 9.17) is 4.74 Å². The number of rotatable bonds is 7. The molecule has 0 spiro atoms. The fraction of sp³-hybridized carbons (Fsp3) is 0.474. The van der Waals surface area contributed by atoms with Crippen LogP contribution in [0.25, 0.3) is 0 Å². The summed E-state index contributed by atoms with van der Waals surface area (Å²) in [6, 6.07) is 8.11. The standard InChI is InChI=1S/C19H28N4OS/c1-14(2)18-22-16(13-25-18)10-11-21-19(20-3)23(4)12-15-6-8-17(24-5)9-7-15/h6-9,13-14H,10-12H2,1-5H3,(H,20,21). The van der Waals surface area contributed by atoms with Gasteiger partial charge in [-0.2, -0.15) is 0 Å². The molecule has 0 saturated carbocycles. The zero-order chi connectivity index (χ0) is 18.2. The number of hydrogen-bond donors (Lipinski definition) is 1. The molecule has 0 fully saturated rings. The summed E-state index contributed by atoms with van der Waals surface area (Å²) < 4.78 is 5.20. The Morgan fingerprint density at radius 1 is 1.32 bits per heavy atom. The highest BCUT2D eigenvalue weighted by Gasteiger charge is 2.08. The predicted octanol–water partition coefficient (Wildman–Crippen LogP) is 3.53. The zero-order valence-corrected chi connectivity index (χ0v) is 16.6. The lowest BCUT2D eigenvalue weighted by molar-refractivity contribution is 0.414. The van der Waals surface area contributed by atoms with E-state index in [9.17, 15) is 0 Å². The fourth-order valence-electron chi connectivity index (χ4n) is 2.47. The first-order valence-electron chi connectivity index (χ1n) is 8.52. The van der Waals surface area contributed by atoms with Crippen LogP contribution in [0, 0.1) is 0 Å². The molecule has 1 N–H and O–H groups in total. The Hall–Kier alpha value is -2.08. The highest BCUT2D eigenvalue weighted by atomic mass is 32.1. The molecule has 5 nitrogen and oxygen atoms in total. The van der Waals surface area contributed by atoms with E-state index in [1.807, 2.05) is 26.2 Å². The van der Waals surface area contributed by atoms with E-state index in [2.05, 4.69) is 51.6 Å². The highest BCUT2D eigenvalue weighted by molar-refractivity contribution is 7.09. The molecule has 1 aromatic carbocycles. The molecule has 0 radical (unpaired) electrons. The molecule has 136 valence electrons. The van der Waals surface area contributed by atoms with Gasteiger partial charge < -0.3 is 15.0 Å². The van der Waals surface area contributed by atoms with Crippen molar-refractivity contribution in [1.29, 1.82) is 0 Å². The summed E-state index contributed by atoms with van der Waals surface area (Å²) in [5, 5.41) is 6.77. The Morgan fingerprint density at radius 2 is 2.04 bits per heavy atom. The monoisotopic (exact) mass is 360 g/mol. The minimum absolute atomic E-state index is 0.495. The SMILES string of the molecule is CN=C(NCCc1csc(C(C)C)n1)N(C)Cc1ccc(OC)cc1. The van der Waals surface area contributed by atoms with Crippen LogP contribution in [0.4, 0.5) is 0 Å². The number of thiazole rings is 1. The van der Waals surface area contributed by atoms with Gasteiger partial charge in [0, 0.05) is 44.9 Å². The van der Waals surface area contributed by atoms with Gasteiger partial charge in [-0.1, -0.05) is 26.0 Å². The molecular weight excluding hydrogens is 332 g/mol. The van der Waals surface area contributed by atoms with E-state index in [1.54, 1.807) is 18.4 Å². The number of methoxy groups -OCH3 is 1. The molecule has 0 unspecified atom stereocenters. The molecular formula is C19H28N4OS. The first-order valence-corrected chi connectivity index (χ1v) is 9.40. The Balaban J connectivity index is 1.83. The maximum atomic E-state index is 5.20. The molecule has 0 amide bonds. The minimum Gasteiger partial charge on any atom is -0.497 e. The van der Waals surface area contributed by atoms with Gasteiger partial charge in [0.05, 0.1) is 17.8 Å². The first-order chi connectivity index (χ1) is 12.0. The molecule has 0 aliphatic heterocycles. The average molecular weight is 361 g/mol. The third-order valence-corrected chi connectivity index (χ3v) is 5.07. The molecule has 2 rings (SSSR count). The van der Waals surface area contributed by atoms with Gasteiger partial charge in [0.25, 0.3) is 0 Å². The van der Waals surface area contributed by atoms with E-state index in [-0.39, 0.29) is 0 Å². The van der Waals surface area contributed by atoms with Crippen LogP contribution in [0.5, 0.6) is 5.75 Å². The van der Waals surface area contributed by atoms with Crippen LogP contribution in [-0.4, -0.2) is 43.6 Å². The van der Waals surface area contributed by atoms with Crippen LogP contribution in [0.2, 0.25) is 0 Å². The van der Waals surface area contributed by atoms with Gasteiger partial charge in [0.1, 0.15) is 5.75 Å². The van der Waals surface area contributed by atoms with E-state index in [1.165, 1.54) is 10.6 Å². The number of hydrogen-bond acceptors (Lipinski definition) is 4. The number of nitrogens with one attached hydrogen (secondary N) is 1. The van der Waals surface area contributed by atoms with Gasteiger partial charge >= 0.3 is 0 Å². The van der Waals surface area contributed by atoms with Crippen molar-refractivity contribution in [3.63, 3.8) is 0 Å². The van der Waals surface area contributed by atoms with Gasteiger partial charge in [-0.15, -0.1) is 11.3 Å². The van der Waals surface area contributed by atoms with Crippen molar-refractivity contribution in [2.24, 2.45) is 4.99 Å². The molecule has 25 heavy (non-hydrogen) atoms. The fourth-order valence-corrected chi connectivity index (χ4v) is 3.34. The Bertz CT molecular complexity index is 679. The van der Waals surface area contributed by atoms with E-state index in [0.29, 0.717) is 5.92 Å². The van der Waals surface area contributed by atoms with Gasteiger partial charge in [-0.25, -0.2) is 4.98 Å². The van der Waals surface area contributed by atoms with Crippen molar-refractivity contribution in [2.75, 3.05) is 27.7 Å². The smallest absolute Gasteiger partial charge is 0.193 e. The van der Waals surface area contributed by atoms with Crippen LogP contribution in [0.3, 0.4) is 0 Å². The van der Waals surface area contributed by atoms with Gasteiger partial charge in [0.2, 0.25) is 0 Å². The molecule has 0 aliphatic carbocycles. The van der Waals surface area contributed by atoms with E-state index in [0.717, 1.165) is 36.9 Å². The topological polar surface area (TPSA) is 49.8 Å². The normalized spacial score (nSPS) is 11.7. The highest BCUT2D eigenvalue weighted by Crippen LogP contribution is 2.19. The summed E-state index contributed by atoms with van der Waals surface area (Å²) in [5.74, 6) is 2.25. The molecule has 0 atom stereocenters. The molecule has 0 bridgehead atoms. The van der Waals surface area contributed by atoms with Crippen LogP contribution >= 0.6 is 11.3 Å². The summed E-state index contributed by atoms with van der Waals surface area (Å²) in [6.07, 6.45) is 0.901. The van der Waals surface area contributed by atoms with E-state index < -0.39 is 0 Å². The second-order valence-corrected chi connectivity index (χ2v) is 7.15. The maximum Gasteiger partial charge on any atom is 0.193 e. The lowest BCUT2D eigenvalue weighted by atomic mass is 10.2. The van der Waals surface area contributed by atoms with Gasteiger partial charge in [-0.3, -0.25) is 4.99 Å². The Labute approximate surface area is 154 Å². The second kappa shape index (κ2) is 9.42. The van der Waals surface area contributed by atoms with Crippen LogP contribution in [0.1, 0.15) is 36.0 Å². The molecule has 6 heteroatoms. The van der Waals surface area contributed by atoms with Crippen molar-refractivity contribution >= 4 is 17.3 Å². The number of guanidine groups is 1. The number of ether oxygens (including phenoxy) is 1. The maximum absolute atomic E-state index is 5.20. The van der Waals surface area contributed by atoms with Crippen molar-refractivity contribution in [1.82, 2.24) is 15.2 Å². The van der Waals surface area contributed by atoms with Crippen molar-refractivity contribution < 1.29 is 4.74 Å². The van der Waals surface area contributed by atoms with Crippen molar-refractivity contribution in [2.45, 2.75) is 32.7 Å². The molecule has 2 aromatic rings. The molecule has 0 aliphatic rings. The van der Waals surface area contributed by atoms with Crippen molar-refractivity contribution in [3.8, 4) is 5.75 Å². The molecule has 0 saturated heterocycles. The number of aliphatic imine (C=N–C) groups is 1. The molecule has 1 heterocycles. The largest absolute Gasteiger partial charge is 0.497 e. The van der Waals surface area contributed by atoms with Gasteiger partial charge in [-0.05, 0) is 17.7 Å². The molecule has 1 aromatic heterocycles. The number of benzene rings is 1. The zero-order valence-electron chi connectivity index (χ0n) is 15.7. The first kappa shape index (κ1) is 19.2. The number of nitrogens with zero attached hydrogens (tertiary/aromatic N) is 3. The van der Waals surface area contributed by atoms with Crippen molar-refractivity contribution in [3.05, 3.63) is 45.9 Å². The predicted molar refractivity (Wildman–Crippen MR) is 106 cm³/mol. The Morgan fingerprint density at radius 3 is 2.60 bits per heavy atom. The lowest BCUT2D eigenvalue weighted by Gasteiger charge is -2.22. The minimum atomic E-state index is 0.495. The summed E-state index contributed by atoms with van der Waals surface area (Å²) in [5.41, 5.74) is 2.36. The second-order valence-electron chi connectivity index (χ2n) is 6.26. The quantitative estimate of drug-likeness (QED) is 0.606. The summed E-state index contributed by atoms with van der Waals surface area (Å²) in [4.78, 5) is 11.2. The third-order valence-electron chi connectivity index (χ3n) is 3.88. The summed E-state index contributed by atoms with van der Waals surface area (Å²) in [7, 11) is 5.53. The number of aromatic nitrogens is 1. The van der Waals surface area contributed by atoms with E-state index >= 15 is 0 Å². The van der Waals surface area contributed by atoms with Crippen LogP contribution in [-0.2, 0) is 13.0 Å². The van der Waals surface area contributed by atoms with Crippen LogP contribution < -0.4 is 10.1 Å². The summed E-state index contributed by atoms with van der Waals surface area (Å²) >= 11 is 1.74. The Kier molecular flexibility index (Phi) is 7.25. The third kappa shape index (κ3) is 5.74.